The lowest BCUT2D eigenvalue weighted by atomic mass is 9.77. The van der Waals surface area contributed by atoms with E-state index >= 15 is 0 Å². The van der Waals surface area contributed by atoms with E-state index in [1.165, 1.54) is 12.8 Å². The smallest absolute Gasteiger partial charge is 0.126 e. The summed E-state index contributed by atoms with van der Waals surface area (Å²) in [6.07, 6.45) is 4.63. The molecular weight excluding hydrogens is 231 g/mol. The van der Waals surface area contributed by atoms with Gasteiger partial charge < -0.3 is 0 Å². The van der Waals surface area contributed by atoms with E-state index in [0.29, 0.717) is 11.0 Å². The first kappa shape index (κ1) is 11.2. The number of hydrogen-bond donors (Lipinski definition) is 0. The molecular formula is C8H15Cl3Si. The molecule has 1 fully saturated rings. The normalized spacial score (nSPS) is 25.8. The van der Waals surface area contributed by atoms with Gasteiger partial charge in [0.15, 0.2) is 0 Å². The highest BCUT2D eigenvalue weighted by molar-refractivity contribution is 7.65. The molecule has 0 saturated heterocycles. The van der Waals surface area contributed by atoms with E-state index in [1.807, 2.05) is 0 Å². The molecule has 12 heavy (non-hydrogen) atoms. The molecule has 0 heterocycles. The zero-order chi connectivity index (χ0) is 9.41. The first-order valence-electron chi connectivity index (χ1n) is 4.38. The minimum Gasteiger partial charge on any atom is -0.126 e. The van der Waals surface area contributed by atoms with E-state index in [4.69, 9.17) is 33.2 Å². The van der Waals surface area contributed by atoms with Crippen LogP contribution >= 0.6 is 33.2 Å². The van der Waals surface area contributed by atoms with Crippen LogP contribution in [-0.2, 0) is 0 Å². The van der Waals surface area contributed by atoms with Crippen molar-refractivity contribution >= 4 is 39.2 Å². The fourth-order valence-electron chi connectivity index (χ4n) is 1.73. The molecule has 72 valence electrons. The first-order valence-corrected chi connectivity index (χ1v) is 9.49. The Kier molecular flexibility index (Phi) is 3.43. The van der Waals surface area contributed by atoms with Gasteiger partial charge >= 0.3 is 6.00 Å². The molecule has 0 nitrogen and oxygen atoms in total. The van der Waals surface area contributed by atoms with Crippen LogP contribution in [0.1, 0.15) is 39.5 Å². The van der Waals surface area contributed by atoms with Gasteiger partial charge in [0.25, 0.3) is 0 Å². The molecule has 0 N–H and O–H groups in total. The highest BCUT2D eigenvalue weighted by Gasteiger charge is 2.40. The average molecular weight is 246 g/mol. The van der Waals surface area contributed by atoms with Crippen LogP contribution in [0.5, 0.6) is 0 Å². The second-order valence-corrected chi connectivity index (χ2v) is 13.5. The second-order valence-electron chi connectivity index (χ2n) is 4.48. The fourth-order valence-corrected chi connectivity index (χ4v) is 4.63. The largest absolute Gasteiger partial charge is 0.344 e. The SMILES string of the molecule is CC1(C)CCC([Si](Cl)(Cl)Cl)CC1. The van der Waals surface area contributed by atoms with Gasteiger partial charge in [0.05, 0.1) is 0 Å². The van der Waals surface area contributed by atoms with E-state index in [-0.39, 0.29) is 0 Å². The summed E-state index contributed by atoms with van der Waals surface area (Å²) in [5.74, 6) is 0. The highest BCUT2D eigenvalue weighted by atomic mass is 35.8. The Morgan fingerprint density at radius 1 is 1.08 bits per heavy atom. The van der Waals surface area contributed by atoms with Crippen molar-refractivity contribution in [1.82, 2.24) is 0 Å². The van der Waals surface area contributed by atoms with Gasteiger partial charge in [0.1, 0.15) is 0 Å². The molecule has 0 aromatic heterocycles. The van der Waals surface area contributed by atoms with Crippen molar-refractivity contribution in [2.45, 2.75) is 45.1 Å². The summed E-state index contributed by atoms with van der Waals surface area (Å²) >= 11 is 17.9. The van der Waals surface area contributed by atoms with Gasteiger partial charge in [-0.15, -0.1) is 33.2 Å². The monoisotopic (exact) mass is 244 g/mol. The molecule has 0 unspecified atom stereocenters. The maximum atomic E-state index is 5.97. The van der Waals surface area contributed by atoms with Crippen molar-refractivity contribution in [3.8, 4) is 0 Å². The van der Waals surface area contributed by atoms with Gasteiger partial charge in [-0.25, -0.2) is 0 Å². The number of halogens is 3. The summed E-state index contributed by atoms with van der Waals surface area (Å²) in [4.78, 5) is 0. The molecule has 1 aliphatic rings. The predicted molar refractivity (Wildman–Crippen MR) is 59.3 cm³/mol. The van der Waals surface area contributed by atoms with Crippen molar-refractivity contribution in [3.63, 3.8) is 0 Å². The number of rotatable bonds is 1. The Balaban J connectivity index is 2.47. The standard InChI is InChI=1S/C8H15Cl3Si/c1-8(2)5-3-7(4-6-8)12(9,10)11/h7H,3-6H2,1-2H3. The zero-order valence-corrected chi connectivity index (χ0v) is 10.8. The van der Waals surface area contributed by atoms with Gasteiger partial charge in [-0.05, 0) is 36.6 Å². The quantitative estimate of drug-likeness (QED) is 0.467. The van der Waals surface area contributed by atoms with Crippen LogP contribution in [0, 0.1) is 5.41 Å². The Hall–Kier alpha value is 1.09. The van der Waals surface area contributed by atoms with Crippen molar-refractivity contribution in [3.05, 3.63) is 0 Å². The molecule has 0 aromatic rings. The minimum atomic E-state index is -2.40. The highest BCUT2D eigenvalue weighted by Crippen LogP contribution is 2.48. The van der Waals surface area contributed by atoms with Gasteiger partial charge in [-0.3, -0.25) is 0 Å². The van der Waals surface area contributed by atoms with Crippen LogP contribution in [0.4, 0.5) is 0 Å². The average Bonchev–Trinajstić information content (AvgIpc) is 1.83. The molecule has 1 aliphatic carbocycles. The summed E-state index contributed by atoms with van der Waals surface area (Å²) in [6, 6.07) is -2.40. The second kappa shape index (κ2) is 3.68. The van der Waals surface area contributed by atoms with Crippen LogP contribution in [0.25, 0.3) is 0 Å². The van der Waals surface area contributed by atoms with Crippen molar-refractivity contribution in [2.75, 3.05) is 0 Å². The van der Waals surface area contributed by atoms with E-state index in [0.717, 1.165) is 12.8 Å². The van der Waals surface area contributed by atoms with Crippen molar-refractivity contribution in [2.24, 2.45) is 5.41 Å². The van der Waals surface area contributed by atoms with Gasteiger partial charge in [-0.2, -0.15) is 0 Å². The maximum Gasteiger partial charge on any atom is 0.344 e. The molecule has 0 spiro atoms. The third kappa shape index (κ3) is 3.10. The third-order valence-corrected chi connectivity index (χ3v) is 7.08. The first-order chi connectivity index (χ1) is 5.31. The molecule has 0 atom stereocenters. The Bertz CT molecular complexity index is 152. The third-order valence-electron chi connectivity index (χ3n) is 2.80. The van der Waals surface area contributed by atoms with E-state index in [9.17, 15) is 0 Å². The summed E-state index contributed by atoms with van der Waals surface area (Å²) in [7, 11) is 0. The van der Waals surface area contributed by atoms with Crippen LogP contribution in [0.3, 0.4) is 0 Å². The van der Waals surface area contributed by atoms with Crippen LogP contribution in [0.2, 0.25) is 5.54 Å². The summed E-state index contributed by atoms with van der Waals surface area (Å²) in [6.45, 7) is 4.59. The molecule has 0 bridgehead atoms. The Morgan fingerprint density at radius 2 is 1.50 bits per heavy atom. The maximum absolute atomic E-state index is 5.97. The van der Waals surface area contributed by atoms with Gasteiger partial charge in [-0.1, -0.05) is 13.8 Å². The van der Waals surface area contributed by atoms with E-state index < -0.39 is 6.00 Å². The fraction of sp³-hybridized carbons (Fsp3) is 1.00. The van der Waals surface area contributed by atoms with Crippen LogP contribution < -0.4 is 0 Å². The van der Waals surface area contributed by atoms with E-state index in [2.05, 4.69) is 13.8 Å². The summed E-state index contributed by atoms with van der Waals surface area (Å²) < 4.78 is 0. The lowest BCUT2D eigenvalue weighted by molar-refractivity contribution is 0.244. The lowest BCUT2D eigenvalue weighted by Gasteiger charge is -2.36. The lowest BCUT2D eigenvalue weighted by Crippen LogP contribution is -2.28. The summed E-state index contributed by atoms with van der Waals surface area (Å²) in [5, 5.41) is 0. The van der Waals surface area contributed by atoms with Gasteiger partial charge in [0.2, 0.25) is 0 Å². The Morgan fingerprint density at radius 3 is 1.83 bits per heavy atom. The van der Waals surface area contributed by atoms with Crippen molar-refractivity contribution in [1.29, 1.82) is 0 Å². The van der Waals surface area contributed by atoms with Crippen LogP contribution in [-0.4, -0.2) is 6.00 Å². The zero-order valence-electron chi connectivity index (χ0n) is 7.54. The summed E-state index contributed by atoms with van der Waals surface area (Å²) in [5.41, 5.74) is 0.872. The molecule has 1 saturated carbocycles. The predicted octanol–water partition coefficient (Wildman–Crippen LogP) is 4.61. The molecule has 0 radical (unpaired) electrons. The molecule has 4 heteroatoms. The molecule has 0 aromatic carbocycles. The molecule has 0 amide bonds. The Labute approximate surface area is 89.7 Å². The van der Waals surface area contributed by atoms with Crippen molar-refractivity contribution < 1.29 is 0 Å². The van der Waals surface area contributed by atoms with Crippen LogP contribution in [0.15, 0.2) is 0 Å². The molecule has 1 rings (SSSR count). The number of hydrogen-bond acceptors (Lipinski definition) is 0. The molecule has 0 aliphatic heterocycles. The van der Waals surface area contributed by atoms with Gasteiger partial charge in [0, 0.05) is 0 Å². The van der Waals surface area contributed by atoms with E-state index in [1.54, 1.807) is 0 Å². The topological polar surface area (TPSA) is 0 Å². The minimum absolute atomic E-state index is 0.399.